The summed E-state index contributed by atoms with van der Waals surface area (Å²) in [6.45, 7) is 1.30. The number of hydrogen-bond acceptors (Lipinski definition) is 6. The normalized spacial score (nSPS) is 18.9. The van der Waals surface area contributed by atoms with Gasteiger partial charge in [-0.2, -0.15) is 0 Å². The van der Waals surface area contributed by atoms with Crippen molar-refractivity contribution in [2.24, 2.45) is 0 Å². The minimum atomic E-state index is -3.75. The maximum Gasteiger partial charge on any atom is 0.240 e. The van der Waals surface area contributed by atoms with Gasteiger partial charge in [0.05, 0.1) is 22.9 Å². The number of hydrogen-bond donors (Lipinski definition) is 1. The largest absolute Gasteiger partial charge is 0.493 e. The number of sulfonamides is 2. The highest BCUT2D eigenvalue weighted by molar-refractivity contribution is 7.92. The first kappa shape index (κ1) is 23.0. The first-order valence-electron chi connectivity index (χ1n) is 10.7. The van der Waals surface area contributed by atoms with Gasteiger partial charge in [0, 0.05) is 25.6 Å². The van der Waals surface area contributed by atoms with Crippen LogP contribution in [0.2, 0.25) is 0 Å². The first-order valence-corrected chi connectivity index (χ1v) is 13.8. The summed E-state index contributed by atoms with van der Waals surface area (Å²) in [5.41, 5.74) is 2.66. The van der Waals surface area contributed by atoms with Crippen LogP contribution in [0.3, 0.4) is 0 Å². The average molecular weight is 480 g/mol. The van der Waals surface area contributed by atoms with Crippen LogP contribution in [0.5, 0.6) is 5.75 Å². The number of likely N-dealkylation sites (N-methyl/N-ethyl adjacent to an activating group) is 1. The molecule has 0 aliphatic carbocycles. The topological polar surface area (TPSA) is 96.0 Å². The Kier molecular flexibility index (Phi) is 6.49. The summed E-state index contributed by atoms with van der Waals surface area (Å²) in [6.07, 6.45) is 2.30. The van der Waals surface area contributed by atoms with Crippen LogP contribution < -0.4 is 13.8 Å². The molecule has 0 spiro atoms. The van der Waals surface area contributed by atoms with Crippen molar-refractivity contribution in [3.05, 3.63) is 53.6 Å². The van der Waals surface area contributed by atoms with E-state index in [4.69, 9.17) is 4.74 Å². The molecule has 1 atom stereocenters. The maximum absolute atomic E-state index is 12.9. The van der Waals surface area contributed by atoms with Crippen LogP contribution in [-0.2, 0) is 26.5 Å². The number of benzene rings is 2. The molecule has 8 nitrogen and oxygen atoms in total. The molecule has 174 valence electrons. The van der Waals surface area contributed by atoms with Gasteiger partial charge in [-0.15, -0.1) is 0 Å². The van der Waals surface area contributed by atoms with E-state index >= 15 is 0 Å². The summed E-state index contributed by atoms with van der Waals surface area (Å²) in [6, 6.07) is 11.9. The summed E-state index contributed by atoms with van der Waals surface area (Å²) in [5.74, 6) is 1.01. The third-order valence-electron chi connectivity index (χ3n) is 5.97. The van der Waals surface area contributed by atoms with Crippen molar-refractivity contribution in [3.8, 4) is 5.75 Å². The molecule has 32 heavy (non-hydrogen) atoms. The number of anilines is 1. The van der Waals surface area contributed by atoms with E-state index in [1.807, 2.05) is 31.1 Å². The predicted molar refractivity (Wildman–Crippen MR) is 124 cm³/mol. The molecule has 0 saturated carbocycles. The standard InChI is InChI=1S/C22H29N3O5S2/c1-24(2)21(17-5-10-22-18(15-17)11-13-30-22)16-23-32(28,29)20-8-6-19(7-9-20)25-12-3-4-14-31(25,26)27/h5-10,15,21,23H,3-4,11-14,16H2,1-2H3/t21-/m1/s1. The molecule has 0 aromatic heterocycles. The fraction of sp³-hybridized carbons (Fsp3) is 0.455. The molecule has 0 unspecified atom stereocenters. The van der Waals surface area contributed by atoms with Crippen LogP contribution >= 0.6 is 0 Å². The molecular formula is C22H29N3O5S2. The molecule has 10 heteroatoms. The van der Waals surface area contributed by atoms with Gasteiger partial charge in [-0.05, 0) is 68.4 Å². The summed E-state index contributed by atoms with van der Waals surface area (Å²) in [7, 11) is -3.26. The Morgan fingerprint density at radius 2 is 1.88 bits per heavy atom. The van der Waals surface area contributed by atoms with E-state index in [9.17, 15) is 16.8 Å². The van der Waals surface area contributed by atoms with Crippen molar-refractivity contribution in [1.29, 1.82) is 0 Å². The van der Waals surface area contributed by atoms with Crippen molar-refractivity contribution in [3.63, 3.8) is 0 Å². The van der Waals surface area contributed by atoms with E-state index in [1.165, 1.54) is 16.4 Å². The lowest BCUT2D eigenvalue weighted by atomic mass is 10.0. The zero-order valence-corrected chi connectivity index (χ0v) is 20.0. The van der Waals surface area contributed by atoms with Gasteiger partial charge in [0.25, 0.3) is 0 Å². The number of fused-ring (bicyclic) bond motifs is 1. The van der Waals surface area contributed by atoms with Crippen molar-refractivity contribution in [2.45, 2.75) is 30.2 Å². The lowest BCUT2D eigenvalue weighted by Crippen LogP contribution is -2.37. The number of ether oxygens (including phenoxy) is 1. The Bertz CT molecular complexity index is 1180. The Hall–Kier alpha value is -2.14. The van der Waals surface area contributed by atoms with Crippen molar-refractivity contribution in [2.75, 3.05) is 43.8 Å². The molecular weight excluding hydrogens is 450 g/mol. The number of nitrogens with zero attached hydrogens (tertiary/aromatic N) is 2. The van der Waals surface area contributed by atoms with Gasteiger partial charge in [-0.3, -0.25) is 4.31 Å². The molecule has 0 radical (unpaired) electrons. The summed E-state index contributed by atoms with van der Waals surface area (Å²) in [4.78, 5) is 2.08. The highest BCUT2D eigenvalue weighted by Gasteiger charge is 2.27. The molecule has 1 fully saturated rings. The maximum atomic E-state index is 12.9. The van der Waals surface area contributed by atoms with Gasteiger partial charge < -0.3 is 9.64 Å². The van der Waals surface area contributed by atoms with E-state index in [1.54, 1.807) is 12.1 Å². The molecule has 0 amide bonds. The highest BCUT2D eigenvalue weighted by atomic mass is 32.2. The third-order valence-corrected chi connectivity index (χ3v) is 9.28. The van der Waals surface area contributed by atoms with Crippen LogP contribution in [0.4, 0.5) is 5.69 Å². The van der Waals surface area contributed by atoms with Crippen LogP contribution in [-0.4, -0.2) is 61.3 Å². The lowest BCUT2D eigenvalue weighted by molar-refractivity contribution is 0.299. The van der Waals surface area contributed by atoms with E-state index in [0.29, 0.717) is 25.3 Å². The van der Waals surface area contributed by atoms with Crippen LogP contribution in [0.15, 0.2) is 47.4 Å². The zero-order valence-electron chi connectivity index (χ0n) is 18.3. The van der Waals surface area contributed by atoms with E-state index in [2.05, 4.69) is 10.8 Å². The van der Waals surface area contributed by atoms with Crippen LogP contribution in [0.25, 0.3) is 0 Å². The van der Waals surface area contributed by atoms with Gasteiger partial charge >= 0.3 is 0 Å². The average Bonchev–Trinajstić information content (AvgIpc) is 3.21. The predicted octanol–water partition coefficient (Wildman–Crippen LogP) is 2.13. The second kappa shape index (κ2) is 9.01. The molecule has 2 aromatic carbocycles. The Balaban J connectivity index is 1.48. The minimum Gasteiger partial charge on any atom is -0.493 e. The smallest absolute Gasteiger partial charge is 0.240 e. The molecule has 1 saturated heterocycles. The second-order valence-corrected chi connectivity index (χ2v) is 12.2. The molecule has 2 aliphatic heterocycles. The number of nitrogens with one attached hydrogen (secondary N) is 1. The van der Waals surface area contributed by atoms with Crippen molar-refractivity contribution >= 4 is 25.7 Å². The Morgan fingerprint density at radius 3 is 2.56 bits per heavy atom. The second-order valence-electron chi connectivity index (χ2n) is 8.39. The molecule has 4 rings (SSSR count). The third kappa shape index (κ3) is 4.78. The van der Waals surface area contributed by atoms with Crippen LogP contribution in [0, 0.1) is 0 Å². The van der Waals surface area contributed by atoms with E-state index in [-0.39, 0.29) is 23.2 Å². The molecule has 2 aliphatic rings. The molecule has 2 heterocycles. The fourth-order valence-corrected chi connectivity index (χ4v) is 6.83. The van der Waals surface area contributed by atoms with E-state index < -0.39 is 20.0 Å². The molecule has 2 aromatic rings. The van der Waals surface area contributed by atoms with Gasteiger partial charge in [-0.1, -0.05) is 12.1 Å². The highest BCUT2D eigenvalue weighted by Crippen LogP contribution is 2.30. The summed E-state index contributed by atoms with van der Waals surface area (Å²) >= 11 is 0. The Morgan fingerprint density at radius 1 is 1.12 bits per heavy atom. The zero-order chi connectivity index (χ0) is 22.9. The van der Waals surface area contributed by atoms with Crippen molar-refractivity contribution in [1.82, 2.24) is 9.62 Å². The van der Waals surface area contributed by atoms with Gasteiger partial charge in [0.1, 0.15) is 5.75 Å². The number of rotatable bonds is 7. The summed E-state index contributed by atoms with van der Waals surface area (Å²) in [5, 5.41) is 0. The quantitative estimate of drug-likeness (QED) is 0.654. The van der Waals surface area contributed by atoms with Crippen LogP contribution in [0.1, 0.15) is 30.0 Å². The Labute approximate surface area is 190 Å². The fourth-order valence-electron chi connectivity index (χ4n) is 4.15. The monoisotopic (exact) mass is 479 g/mol. The van der Waals surface area contributed by atoms with Gasteiger partial charge in [-0.25, -0.2) is 21.6 Å². The lowest BCUT2D eigenvalue weighted by Gasteiger charge is -2.28. The van der Waals surface area contributed by atoms with Gasteiger partial charge in [0.2, 0.25) is 20.0 Å². The molecule has 1 N–H and O–H groups in total. The SMILES string of the molecule is CN(C)[C@H](CNS(=O)(=O)c1ccc(N2CCCCS2(=O)=O)cc1)c1ccc2c(c1)CCO2. The first-order chi connectivity index (χ1) is 15.2. The molecule has 0 bridgehead atoms. The van der Waals surface area contributed by atoms with E-state index in [0.717, 1.165) is 29.7 Å². The van der Waals surface area contributed by atoms with Gasteiger partial charge in [0.15, 0.2) is 0 Å². The minimum absolute atomic E-state index is 0.107. The summed E-state index contributed by atoms with van der Waals surface area (Å²) < 4.78 is 60.0. The van der Waals surface area contributed by atoms with Crippen molar-refractivity contribution < 1.29 is 21.6 Å².